The maximum Gasteiger partial charge on any atom is 0.297 e. The fraction of sp³-hybridized carbons (Fsp3) is 0. The Hall–Kier alpha value is -1.46. The first-order chi connectivity index (χ1) is 7.56. The molecule has 0 saturated carbocycles. The van der Waals surface area contributed by atoms with Gasteiger partial charge < -0.3 is 0 Å². The van der Waals surface area contributed by atoms with Crippen LogP contribution in [-0.4, -0.2) is 8.42 Å². The van der Waals surface area contributed by atoms with Crippen molar-refractivity contribution in [3.8, 4) is 0 Å². The van der Waals surface area contributed by atoms with Gasteiger partial charge in [-0.2, -0.15) is 8.42 Å². The Morgan fingerprint density at radius 2 is 1.69 bits per heavy atom. The van der Waals surface area contributed by atoms with E-state index in [2.05, 4.69) is 11.3 Å². The van der Waals surface area contributed by atoms with E-state index in [9.17, 15) is 12.8 Å². The Morgan fingerprint density at radius 3 is 2.31 bits per heavy atom. The maximum absolute atomic E-state index is 13.4. The molecular weight excluding hydrogens is 231 g/mol. The molecule has 2 aromatic rings. The van der Waals surface area contributed by atoms with Crippen molar-refractivity contribution in [3.05, 3.63) is 49.3 Å². The zero-order valence-corrected chi connectivity index (χ0v) is 9.00. The highest BCUT2D eigenvalue weighted by Gasteiger charge is 2.17. The van der Waals surface area contributed by atoms with E-state index in [0.717, 1.165) is 12.1 Å². The molecule has 0 spiro atoms. The van der Waals surface area contributed by atoms with Gasteiger partial charge in [-0.25, -0.2) is 4.39 Å². The van der Waals surface area contributed by atoms with Gasteiger partial charge in [0.2, 0.25) is 0 Å². The summed E-state index contributed by atoms with van der Waals surface area (Å²) in [5, 5.41) is 0.520. The molecule has 0 N–H and O–H groups in total. The van der Waals surface area contributed by atoms with E-state index in [0.29, 0.717) is 0 Å². The van der Waals surface area contributed by atoms with E-state index in [4.69, 9.17) is 0 Å². The molecule has 83 valence electrons. The molecule has 16 heavy (non-hydrogen) atoms. The first-order valence-electron chi connectivity index (χ1n) is 4.42. The third kappa shape index (κ3) is 1.68. The van der Waals surface area contributed by atoms with Crippen molar-refractivity contribution in [2.24, 2.45) is 0 Å². The monoisotopic (exact) mass is 239 g/mol. The van der Waals surface area contributed by atoms with Crippen LogP contribution in [0.4, 0.5) is 4.39 Å². The van der Waals surface area contributed by atoms with Crippen LogP contribution in [0.25, 0.3) is 10.8 Å². The molecule has 1 radical (unpaired) electrons. The Labute approximate surface area is 92.6 Å². The normalized spacial score (nSPS) is 11.9. The molecule has 0 atom stereocenters. The summed E-state index contributed by atoms with van der Waals surface area (Å²) in [4.78, 5) is -0.0838. The second-order valence-corrected chi connectivity index (χ2v) is 4.75. The lowest BCUT2D eigenvalue weighted by Crippen LogP contribution is -2.02. The van der Waals surface area contributed by atoms with E-state index in [1.165, 1.54) is 12.1 Å². The highest BCUT2D eigenvalue weighted by Crippen LogP contribution is 2.26. The maximum atomic E-state index is 13.4. The third-order valence-electron chi connectivity index (χ3n) is 2.26. The number of hydrogen-bond donors (Lipinski definition) is 0. The smallest absolute Gasteiger partial charge is 0.264 e. The minimum atomic E-state index is -3.92. The predicted molar refractivity (Wildman–Crippen MR) is 57.5 cm³/mol. The summed E-state index contributed by atoms with van der Waals surface area (Å²) in [5.74, 6) is -0.474. The average Bonchev–Trinajstić information content (AvgIpc) is 2.29. The van der Waals surface area contributed by atoms with Crippen molar-refractivity contribution >= 4 is 20.9 Å². The van der Waals surface area contributed by atoms with Crippen LogP contribution in [0.3, 0.4) is 0 Å². The first kappa shape index (κ1) is 11.0. The highest BCUT2D eigenvalue weighted by molar-refractivity contribution is 7.87. The van der Waals surface area contributed by atoms with Gasteiger partial charge in [0.15, 0.2) is 0 Å². The Kier molecular flexibility index (Phi) is 2.65. The fourth-order valence-corrected chi connectivity index (χ4v) is 2.33. The zero-order valence-electron chi connectivity index (χ0n) is 8.18. The standard InChI is InChI=1S/C11H8FO3S/c1-15-16(13,14)11-7-6-10(12)8-4-2-3-5-9(8)11/h2-7H,1H2. The number of benzene rings is 2. The van der Waals surface area contributed by atoms with E-state index >= 15 is 0 Å². The number of hydrogen-bond acceptors (Lipinski definition) is 3. The Morgan fingerprint density at radius 1 is 1.06 bits per heavy atom. The molecule has 5 heteroatoms. The summed E-state index contributed by atoms with van der Waals surface area (Å²) in [6, 6.07) is 8.54. The lowest BCUT2D eigenvalue weighted by Gasteiger charge is -2.06. The molecule has 2 rings (SSSR count). The zero-order chi connectivity index (χ0) is 11.8. The Bertz CT molecular complexity index is 635. The molecule has 0 aliphatic rings. The van der Waals surface area contributed by atoms with Gasteiger partial charge >= 0.3 is 0 Å². The van der Waals surface area contributed by atoms with Gasteiger partial charge in [0, 0.05) is 10.8 Å². The van der Waals surface area contributed by atoms with Crippen molar-refractivity contribution in [1.29, 1.82) is 0 Å². The topological polar surface area (TPSA) is 43.4 Å². The minimum Gasteiger partial charge on any atom is -0.264 e. The van der Waals surface area contributed by atoms with Crippen LogP contribution < -0.4 is 0 Å². The van der Waals surface area contributed by atoms with Gasteiger partial charge in [0.1, 0.15) is 10.7 Å². The molecule has 0 bridgehead atoms. The molecular formula is C11H8FO3S. The third-order valence-corrected chi connectivity index (χ3v) is 3.46. The quantitative estimate of drug-likeness (QED) is 0.756. The van der Waals surface area contributed by atoms with Gasteiger partial charge in [-0.3, -0.25) is 4.18 Å². The molecule has 3 nitrogen and oxygen atoms in total. The van der Waals surface area contributed by atoms with E-state index in [-0.39, 0.29) is 15.7 Å². The van der Waals surface area contributed by atoms with Crippen LogP contribution >= 0.6 is 0 Å². The highest BCUT2D eigenvalue weighted by atomic mass is 32.2. The summed E-state index contributed by atoms with van der Waals surface area (Å²) in [5.41, 5.74) is 0. The van der Waals surface area contributed by atoms with Crippen LogP contribution in [0, 0.1) is 12.9 Å². The lowest BCUT2D eigenvalue weighted by atomic mass is 10.1. The number of rotatable bonds is 2. The van der Waals surface area contributed by atoms with Crippen LogP contribution in [0.1, 0.15) is 0 Å². The van der Waals surface area contributed by atoms with Crippen molar-refractivity contribution in [1.82, 2.24) is 0 Å². The second kappa shape index (κ2) is 3.84. The molecule has 0 aromatic heterocycles. The summed E-state index contributed by atoms with van der Waals surface area (Å²) >= 11 is 0. The van der Waals surface area contributed by atoms with E-state index in [1.54, 1.807) is 12.1 Å². The lowest BCUT2D eigenvalue weighted by molar-refractivity contribution is 0.438. The van der Waals surface area contributed by atoms with Gasteiger partial charge in [-0.05, 0) is 12.1 Å². The van der Waals surface area contributed by atoms with Gasteiger partial charge in [0.25, 0.3) is 10.1 Å². The summed E-state index contributed by atoms with van der Waals surface area (Å²) in [7, 11) is -1.04. The predicted octanol–water partition coefficient (Wildman–Crippen LogP) is 2.48. The molecule has 0 unspecified atom stereocenters. The van der Waals surface area contributed by atoms with Crippen molar-refractivity contribution in [2.45, 2.75) is 4.90 Å². The fourth-order valence-electron chi connectivity index (χ4n) is 1.52. The van der Waals surface area contributed by atoms with E-state index < -0.39 is 15.9 Å². The Balaban J connectivity index is 2.88. The molecule has 0 amide bonds. The minimum absolute atomic E-state index is 0.0838. The van der Waals surface area contributed by atoms with Crippen LogP contribution in [0.5, 0.6) is 0 Å². The van der Waals surface area contributed by atoms with Gasteiger partial charge in [-0.15, -0.1) is 0 Å². The van der Waals surface area contributed by atoms with Crippen molar-refractivity contribution in [3.63, 3.8) is 0 Å². The number of fused-ring (bicyclic) bond motifs is 1. The summed E-state index contributed by atoms with van der Waals surface area (Å²) in [6.07, 6.45) is 0. The van der Waals surface area contributed by atoms with Crippen LogP contribution in [0.2, 0.25) is 0 Å². The van der Waals surface area contributed by atoms with Crippen LogP contribution in [-0.2, 0) is 14.3 Å². The van der Waals surface area contributed by atoms with Gasteiger partial charge in [-0.1, -0.05) is 24.3 Å². The second-order valence-electron chi connectivity index (χ2n) is 3.16. The number of halogens is 1. The van der Waals surface area contributed by atoms with Gasteiger partial charge in [0.05, 0.1) is 7.11 Å². The molecule has 0 fully saturated rings. The largest absolute Gasteiger partial charge is 0.297 e. The average molecular weight is 239 g/mol. The first-order valence-corrected chi connectivity index (χ1v) is 5.83. The molecule has 0 aliphatic carbocycles. The van der Waals surface area contributed by atoms with Crippen molar-refractivity contribution in [2.75, 3.05) is 0 Å². The molecule has 0 saturated heterocycles. The van der Waals surface area contributed by atoms with Crippen LogP contribution in [0.15, 0.2) is 41.3 Å². The molecule has 2 aromatic carbocycles. The molecule has 0 aliphatic heterocycles. The summed E-state index contributed by atoms with van der Waals surface area (Å²) in [6.45, 7) is 0. The SMILES string of the molecule is [CH2]OS(=O)(=O)c1ccc(F)c2ccccc12. The van der Waals surface area contributed by atoms with Crippen molar-refractivity contribution < 1.29 is 17.0 Å². The summed E-state index contributed by atoms with van der Waals surface area (Å²) < 4.78 is 40.6. The van der Waals surface area contributed by atoms with E-state index in [1.807, 2.05) is 0 Å². The molecule has 0 heterocycles.